The van der Waals surface area contributed by atoms with E-state index in [1.54, 1.807) is 4.90 Å². The summed E-state index contributed by atoms with van der Waals surface area (Å²) >= 11 is 3.54. The fraction of sp³-hybridized carbons (Fsp3) is 0.500. The molecular formula is C24H32BrN3O4. The number of hydrogen-bond donors (Lipinski definition) is 0. The van der Waals surface area contributed by atoms with Crippen LogP contribution in [0.25, 0.3) is 11.2 Å². The van der Waals surface area contributed by atoms with Gasteiger partial charge in [0.05, 0.1) is 23.1 Å². The lowest BCUT2D eigenvalue weighted by Gasteiger charge is -2.38. The molecule has 1 fully saturated rings. The molecule has 2 aromatic rings. The number of aromatic nitrogens is 1. The van der Waals surface area contributed by atoms with Crippen molar-refractivity contribution in [1.82, 2.24) is 14.2 Å². The Morgan fingerprint density at radius 3 is 2.25 bits per heavy atom. The van der Waals surface area contributed by atoms with Gasteiger partial charge in [-0.05, 0) is 75.2 Å². The van der Waals surface area contributed by atoms with Crippen LogP contribution in [0.5, 0.6) is 0 Å². The summed E-state index contributed by atoms with van der Waals surface area (Å²) in [5.74, 6) is -0.346. The Balaban J connectivity index is 1.87. The molecule has 0 aromatic carbocycles. The van der Waals surface area contributed by atoms with Crippen molar-refractivity contribution in [3.63, 3.8) is 0 Å². The normalized spacial score (nSPS) is 14.8. The Morgan fingerprint density at radius 2 is 1.69 bits per heavy atom. The van der Waals surface area contributed by atoms with Crippen LogP contribution < -0.4 is 0 Å². The molecule has 2 aromatic heterocycles. The van der Waals surface area contributed by atoms with E-state index in [9.17, 15) is 9.59 Å². The summed E-state index contributed by atoms with van der Waals surface area (Å²) < 4.78 is 13.9. The van der Waals surface area contributed by atoms with Crippen molar-refractivity contribution < 1.29 is 19.1 Å². The molecule has 0 radical (unpaired) electrons. The third kappa shape index (κ3) is 5.28. The van der Waals surface area contributed by atoms with E-state index in [1.165, 1.54) is 0 Å². The number of ether oxygens (including phenoxy) is 2. The zero-order valence-electron chi connectivity index (χ0n) is 19.7. The van der Waals surface area contributed by atoms with Crippen LogP contribution in [-0.4, -0.2) is 64.1 Å². The maximum atomic E-state index is 12.8. The van der Waals surface area contributed by atoms with Crippen molar-refractivity contribution in [2.75, 3.05) is 26.2 Å². The number of pyridine rings is 1. The second kappa shape index (κ2) is 9.17. The van der Waals surface area contributed by atoms with Crippen LogP contribution in [0.2, 0.25) is 0 Å². The second-order valence-electron chi connectivity index (χ2n) is 9.34. The van der Waals surface area contributed by atoms with Crippen LogP contribution in [0.3, 0.4) is 0 Å². The predicted octanol–water partition coefficient (Wildman–Crippen LogP) is 5.10. The minimum absolute atomic E-state index is 0.204. The van der Waals surface area contributed by atoms with Crippen LogP contribution in [0.15, 0.2) is 29.4 Å². The third-order valence-electron chi connectivity index (χ3n) is 5.26. The van der Waals surface area contributed by atoms with Gasteiger partial charge in [-0.15, -0.1) is 0 Å². The van der Waals surface area contributed by atoms with Gasteiger partial charge in [0.1, 0.15) is 5.60 Å². The fourth-order valence-electron chi connectivity index (χ4n) is 3.80. The van der Waals surface area contributed by atoms with E-state index in [-0.39, 0.29) is 18.2 Å². The van der Waals surface area contributed by atoms with Gasteiger partial charge in [0.15, 0.2) is 0 Å². The number of nitrogens with zero attached hydrogens (tertiary/aromatic N) is 3. The highest BCUT2D eigenvalue weighted by molar-refractivity contribution is 9.10. The van der Waals surface area contributed by atoms with Gasteiger partial charge in [-0.2, -0.15) is 0 Å². The molecule has 0 saturated carbocycles. The van der Waals surface area contributed by atoms with E-state index < -0.39 is 5.60 Å². The van der Waals surface area contributed by atoms with Gasteiger partial charge >= 0.3 is 12.1 Å². The molecule has 0 unspecified atom stereocenters. The molecule has 3 rings (SSSR count). The number of fused-ring (bicyclic) bond motifs is 1. The maximum Gasteiger partial charge on any atom is 0.410 e. The van der Waals surface area contributed by atoms with E-state index in [2.05, 4.69) is 27.4 Å². The van der Waals surface area contributed by atoms with Gasteiger partial charge in [0.25, 0.3) is 0 Å². The lowest BCUT2D eigenvalue weighted by molar-refractivity contribution is 0.0181. The van der Waals surface area contributed by atoms with E-state index in [1.807, 2.05) is 64.3 Å². The number of esters is 1. The van der Waals surface area contributed by atoms with E-state index in [0.29, 0.717) is 31.7 Å². The van der Waals surface area contributed by atoms with E-state index in [0.717, 1.165) is 26.9 Å². The quantitative estimate of drug-likeness (QED) is 0.540. The molecular weight excluding hydrogens is 474 g/mol. The summed E-state index contributed by atoms with van der Waals surface area (Å²) in [5.41, 5.74) is 3.36. The van der Waals surface area contributed by atoms with Crippen LogP contribution >= 0.6 is 15.9 Å². The smallest absolute Gasteiger partial charge is 0.410 e. The summed E-state index contributed by atoms with van der Waals surface area (Å²) in [5, 5.41) is 0. The molecule has 1 aliphatic rings. The van der Waals surface area contributed by atoms with Gasteiger partial charge in [-0.3, -0.25) is 0 Å². The van der Waals surface area contributed by atoms with Crippen LogP contribution in [0.1, 0.15) is 56.2 Å². The molecule has 0 aliphatic carbocycles. The van der Waals surface area contributed by atoms with E-state index in [4.69, 9.17) is 9.47 Å². The van der Waals surface area contributed by atoms with Crippen molar-refractivity contribution >= 4 is 39.2 Å². The molecule has 1 aliphatic heterocycles. The molecule has 0 atom stereocenters. The number of rotatable bonds is 4. The third-order valence-corrected chi connectivity index (χ3v) is 5.69. The largest absolute Gasteiger partial charge is 0.459 e. The molecule has 32 heavy (non-hydrogen) atoms. The number of hydrogen-bond acceptors (Lipinski definition) is 5. The van der Waals surface area contributed by atoms with Crippen LogP contribution in [0.4, 0.5) is 4.79 Å². The minimum Gasteiger partial charge on any atom is -0.459 e. The maximum absolute atomic E-state index is 12.8. The first-order chi connectivity index (χ1) is 14.9. The Hall–Kier alpha value is -2.48. The summed E-state index contributed by atoms with van der Waals surface area (Å²) in [6, 6.07) is 3.81. The molecule has 1 amide bonds. The lowest BCUT2D eigenvalue weighted by Crippen LogP contribution is -2.49. The molecule has 1 saturated heterocycles. The molecule has 7 nitrogen and oxygen atoms in total. The fourth-order valence-corrected chi connectivity index (χ4v) is 4.23. The summed E-state index contributed by atoms with van der Waals surface area (Å²) in [6.45, 7) is 17.9. The Kier molecular flexibility index (Phi) is 6.93. The second-order valence-corrected chi connectivity index (χ2v) is 10.3. The summed E-state index contributed by atoms with van der Waals surface area (Å²) in [4.78, 5) is 29.0. The molecule has 0 N–H and O–H groups in total. The average molecular weight is 506 g/mol. The number of piperazine rings is 1. The zero-order valence-corrected chi connectivity index (χ0v) is 21.3. The van der Waals surface area contributed by atoms with Gasteiger partial charge in [-0.25, -0.2) is 9.59 Å². The number of halogens is 1. The predicted molar refractivity (Wildman–Crippen MR) is 129 cm³/mol. The lowest BCUT2D eigenvalue weighted by atomic mass is 10.0. The highest BCUT2D eigenvalue weighted by Crippen LogP contribution is 2.30. The van der Waals surface area contributed by atoms with Gasteiger partial charge in [-0.1, -0.05) is 6.58 Å². The number of carbonyl (C=O) groups is 2. The van der Waals surface area contributed by atoms with Crippen molar-refractivity contribution in [3.8, 4) is 0 Å². The van der Waals surface area contributed by atoms with E-state index >= 15 is 0 Å². The average Bonchev–Trinajstić information content (AvgIpc) is 3.05. The number of amides is 1. The van der Waals surface area contributed by atoms with Crippen molar-refractivity contribution in [2.24, 2.45) is 0 Å². The first-order valence-corrected chi connectivity index (χ1v) is 11.6. The molecule has 0 spiro atoms. The van der Waals surface area contributed by atoms with Gasteiger partial charge < -0.3 is 23.7 Å². The van der Waals surface area contributed by atoms with Crippen LogP contribution in [0, 0.1) is 6.92 Å². The monoisotopic (exact) mass is 505 g/mol. The summed E-state index contributed by atoms with van der Waals surface area (Å²) in [6.07, 6.45) is 1.47. The van der Waals surface area contributed by atoms with Gasteiger partial charge in [0, 0.05) is 42.4 Å². The topological polar surface area (TPSA) is 63.5 Å². The van der Waals surface area contributed by atoms with Crippen molar-refractivity contribution in [3.05, 3.63) is 46.2 Å². The molecule has 174 valence electrons. The first-order valence-electron chi connectivity index (χ1n) is 10.8. The Bertz CT molecular complexity index is 1040. The Morgan fingerprint density at radius 1 is 1.09 bits per heavy atom. The first kappa shape index (κ1) is 24.2. The standard InChI is InChI=1S/C24H32BrN3O4/c1-15(2)31-22(29)20-13-19-12-18(25)14-28(19)21(16(20)3)17(4)26-8-10-27(11-9-26)23(30)32-24(5,6)7/h12-15H,4,8-11H2,1-3,5-7H3. The van der Waals surface area contributed by atoms with Crippen LogP contribution in [-0.2, 0) is 9.47 Å². The molecule has 3 heterocycles. The number of carbonyl (C=O) groups excluding carboxylic acids is 2. The SMILES string of the molecule is C=C(c1c(C)c(C(=O)OC(C)C)cc2cc(Br)cn12)N1CCN(C(=O)OC(C)(C)C)CC1. The van der Waals surface area contributed by atoms with Gasteiger partial charge in [0.2, 0.25) is 0 Å². The van der Waals surface area contributed by atoms with Crippen molar-refractivity contribution in [1.29, 1.82) is 0 Å². The zero-order chi connectivity index (χ0) is 23.8. The summed E-state index contributed by atoms with van der Waals surface area (Å²) in [7, 11) is 0. The minimum atomic E-state index is -0.520. The highest BCUT2D eigenvalue weighted by Gasteiger charge is 2.28. The van der Waals surface area contributed by atoms with Crippen molar-refractivity contribution in [2.45, 2.75) is 53.2 Å². The Labute approximate surface area is 198 Å². The highest BCUT2D eigenvalue weighted by atomic mass is 79.9. The molecule has 8 heteroatoms. The molecule has 0 bridgehead atoms.